The van der Waals surface area contributed by atoms with E-state index in [-0.39, 0.29) is 0 Å². The second kappa shape index (κ2) is 1.59. The fourth-order valence-corrected chi connectivity index (χ4v) is 2.14. The molecule has 2 fully saturated rings. The van der Waals surface area contributed by atoms with Crippen molar-refractivity contribution in [3.05, 3.63) is 0 Å². The Morgan fingerprint density at radius 1 is 1.44 bits per heavy atom. The molecule has 9 heavy (non-hydrogen) atoms. The van der Waals surface area contributed by atoms with Crippen molar-refractivity contribution in [2.75, 3.05) is 0 Å². The highest BCUT2D eigenvalue weighted by Crippen LogP contribution is 2.53. The summed E-state index contributed by atoms with van der Waals surface area (Å²) in [5.41, 5.74) is 0. The van der Waals surface area contributed by atoms with Gasteiger partial charge in [0.15, 0.2) is 0 Å². The van der Waals surface area contributed by atoms with Crippen LogP contribution in [0.4, 0.5) is 0 Å². The fraction of sp³-hybridized carbons (Fsp3) is 0.875. The molecule has 0 radical (unpaired) electrons. The Labute approximate surface area is 55.4 Å². The predicted octanol–water partition coefficient (Wildman–Crippen LogP) is 1.62. The van der Waals surface area contributed by atoms with Crippen molar-refractivity contribution in [1.29, 1.82) is 0 Å². The van der Waals surface area contributed by atoms with Crippen LogP contribution in [0.15, 0.2) is 0 Å². The van der Waals surface area contributed by atoms with Crippen LogP contribution < -0.4 is 0 Å². The average molecular weight is 124 g/mol. The van der Waals surface area contributed by atoms with Crippen molar-refractivity contribution >= 4 is 5.78 Å². The number of hydrogen-bond donors (Lipinski definition) is 0. The number of Topliss-reactive ketones (excluding diaryl/α,β-unsaturated/α-hetero) is 1. The molecular formula is C8H12O. The molecule has 0 aliphatic heterocycles. The number of hydrogen-bond acceptors (Lipinski definition) is 1. The van der Waals surface area contributed by atoms with Crippen LogP contribution >= 0.6 is 0 Å². The minimum absolute atomic E-state index is 0.501. The quantitative estimate of drug-likeness (QED) is 0.479. The van der Waals surface area contributed by atoms with E-state index in [1.54, 1.807) is 0 Å². The molecule has 1 heteroatoms. The molecule has 2 rings (SSSR count). The van der Waals surface area contributed by atoms with Crippen LogP contribution in [-0.2, 0) is 4.79 Å². The minimum atomic E-state index is 0.501. The Kier molecular flexibility index (Phi) is 0.961. The van der Waals surface area contributed by atoms with E-state index in [9.17, 15) is 4.79 Å². The topological polar surface area (TPSA) is 17.1 Å². The maximum atomic E-state index is 10.8. The van der Waals surface area contributed by atoms with Crippen molar-refractivity contribution < 1.29 is 4.79 Å². The number of rotatable bonds is 0. The van der Waals surface area contributed by atoms with Crippen molar-refractivity contribution in [3.63, 3.8) is 0 Å². The first-order valence-electron chi connectivity index (χ1n) is 3.81. The molecule has 0 amide bonds. The van der Waals surface area contributed by atoms with Gasteiger partial charge in [0.25, 0.3) is 0 Å². The van der Waals surface area contributed by atoms with E-state index in [0.29, 0.717) is 5.78 Å². The molecule has 0 N–H and O–H groups in total. The molecule has 0 spiro atoms. The predicted molar refractivity (Wildman–Crippen MR) is 35.0 cm³/mol. The van der Waals surface area contributed by atoms with Gasteiger partial charge in [-0.25, -0.2) is 0 Å². The lowest BCUT2D eigenvalue weighted by atomic mass is 10.00. The number of fused-ring (bicyclic) bond motifs is 1. The first-order valence-corrected chi connectivity index (χ1v) is 3.81. The van der Waals surface area contributed by atoms with Gasteiger partial charge in [0.2, 0.25) is 0 Å². The van der Waals surface area contributed by atoms with Crippen molar-refractivity contribution in [1.82, 2.24) is 0 Å². The summed E-state index contributed by atoms with van der Waals surface area (Å²) in [5.74, 6) is 3.10. The highest BCUT2D eigenvalue weighted by Gasteiger charge is 2.49. The summed E-state index contributed by atoms with van der Waals surface area (Å²) in [7, 11) is 0. The third-order valence-corrected chi connectivity index (χ3v) is 2.98. The van der Waals surface area contributed by atoms with Gasteiger partial charge >= 0.3 is 0 Å². The summed E-state index contributed by atoms with van der Waals surface area (Å²) in [6, 6.07) is 0. The summed E-state index contributed by atoms with van der Waals surface area (Å²) < 4.78 is 0. The molecule has 1 nitrogen and oxygen atoms in total. The first-order chi connectivity index (χ1) is 4.29. The molecule has 0 aromatic heterocycles. The first kappa shape index (κ1) is 5.45. The molecular weight excluding hydrogens is 112 g/mol. The van der Waals surface area contributed by atoms with Gasteiger partial charge in [-0.05, 0) is 24.2 Å². The van der Waals surface area contributed by atoms with Crippen LogP contribution in [0.5, 0.6) is 0 Å². The second-order valence-electron chi connectivity index (χ2n) is 3.47. The van der Waals surface area contributed by atoms with Gasteiger partial charge in [-0.15, -0.1) is 0 Å². The zero-order chi connectivity index (χ0) is 6.43. The van der Waals surface area contributed by atoms with E-state index in [2.05, 4.69) is 6.92 Å². The Hall–Kier alpha value is -0.330. The molecule has 0 bridgehead atoms. The van der Waals surface area contributed by atoms with E-state index in [1.165, 1.54) is 6.42 Å². The molecule has 50 valence electrons. The van der Waals surface area contributed by atoms with Crippen LogP contribution in [0.1, 0.15) is 26.2 Å². The Morgan fingerprint density at radius 3 is 2.78 bits per heavy atom. The summed E-state index contributed by atoms with van der Waals surface area (Å²) in [6.07, 6.45) is 2.95. The van der Waals surface area contributed by atoms with E-state index in [1.807, 2.05) is 0 Å². The summed E-state index contributed by atoms with van der Waals surface area (Å²) in [5, 5.41) is 0. The number of carbonyl (C=O) groups excluding carboxylic acids is 1. The van der Waals surface area contributed by atoms with Crippen LogP contribution in [-0.4, -0.2) is 5.78 Å². The smallest absolute Gasteiger partial charge is 0.133 e. The van der Waals surface area contributed by atoms with Gasteiger partial charge in [-0.2, -0.15) is 0 Å². The average Bonchev–Trinajstić information content (AvgIpc) is 2.43. The van der Waals surface area contributed by atoms with Gasteiger partial charge < -0.3 is 0 Å². The van der Waals surface area contributed by atoms with Gasteiger partial charge in [0.05, 0.1) is 0 Å². The van der Waals surface area contributed by atoms with Crippen molar-refractivity contribution in [2.45, 2.75) is 26.2 Å². The molecule has 2 saturated carbocycles. The van der Waals surface area contributed by atoms with Crippen LogP contribution in [0.3, 0.4) is 0 Å². The van der Waals surface area contributed by atoms with Crippen LogP contribution in [0.25, 0.3) is 0 Å². The standard InChI is InChI=1S/C8H12O/c1-5-7-3-2-6(9)4-8(5)7/h5,7-8H,2-4H2,1H3. The monoisotopic (exact) mass is 124 g/mol. The molecule has 2 aliphatic rings. The van der Waals surface area contributed by atoms with Crippen LogP contribution in [0.2, 0.25) is 0 Å². The largest absolute Gasteiger partial charge is 0.300 e. The van der Waals surface area contributed by atoms with Gasteiger partial charge in [0.1, 0.15) is 5.78 Å². The van der Waals surface area contributed by atoms with Gasteiger partial charge in [0, 0.05) is 12.8 Å². The minimum Gasteiger partial charge on any atom is -0.300 e. The lowest BCUT2D eigenvalue weighted by Gasteiger charge is -2.04. The molecule has 0 aromatic carbocycles. The zero-order valence-corrected chi connectivity index (χ0v) is 5.76. The zero-order valence-electron chi connectivity index (χ0n) is 5.76. The van der Waals surface area contributed by atoms with E-state index < -0.39 is 0 Å². The van der Waals surface area contributed by atoms with Gasteiger partial charge in [-0.3, -0.25) is 4.79 Å². The SMILES string of the molecule is CC1C2CCC(=O)CC12. The molecule has 3 atom stereocenters. The van der Waals surface area contributed by atoms with E-state index >= 15 is 0 Å². The Morgan fingerprint density at radius 2 is 2.22 bits per heavy atom. The lowest BCUT2D eigenvalue weighted by Crippen LogP contribution is -2.05. The Balaban J connectivity index is 2.03. The maximum absolute atomic E-state index is 10.8. The van der Waals surface area contributed by atoms with E-state index in [4.69, 9.17) is 0 Å². The lowest BCUT2D eigenvalue weighted by molar-refractivity contribution is -0.120. The Bertz CT molecular complexity index is 151. The number of ketones is 1. The third-order valence-electron chi connectivity index (χ3n) is 2.98. The van der Waals surface area contributed by atoms with Crippen molar-refractivity contribution in [3.8, 4) is 0 Å². The van der Waals surface area contributed by atoms with Gasteiger partial charge in [-0.1, -0.05) is 6.92 Å². The second-order valence-corrected chi connectivity index (χ2v) is 3.47. The maximum Gasteiger partial charge on any atom is 0.133 e. The highest BCUT2D eigenvalue weighted by atomic mass is 16.1. The van der Waals surface area contributed by atoms with E-state index in [0.717, 1.165) is 30.6 Å². The van der Waals surface area contributed by atoms with Crippen molar-refractivity contribution in [2.24, 2.45) is 17.8 Å². The summed E-state index contributed by atoms with van der Waals surface area (Å²) >= 11 is 0. The molecule has 2 aliphatic carbocycles. The molecule has 0 heterocycles. The third kappa shape index (κ3) is 0.707. The summed E-state index contributed by atoms with van der Waals surface area (Å²) in [4.78, 5) is 10.8. The van der Waals surface area contributed by atoms with Crippen LogP contribution in [0, 0.1) is 17.8 Å². The number of carbonyl (C=O) groups is 1. The molecule has 0 aromatic rings. The fourth-order valence-electron chi connectivity index (χ4n) is 2.14. The molecule has 3 unspecified atom stereocenters. The molecule has 0 saturated heterocycles. The normalized spacial score (nSPS) is 48.6. The summed E-state index contributed by atoms with van der Waals surface area (Å²) in [6.45, 7) is 2.27. The highest BCUT2D eigenvalue weighted by molar-refractivity contribution is 5.80.